The van der Waals surface area contributed by atoms with Crippen LogP contribution in [0.2, 0.25) is 5.02 Å². The molecule has 0 aliphatic carbocycles. The van der Waals surface area contributed by atoms with Crippen molar-refractivity contribution in [2.24, 2.45) is 4.99 Å². The SMILES string of the molecule is CC(C)O/C(=N\C(=O)Nc1ccc(OC(F)(F)C(F)F)cc1)c1ccccc1Cl. The van der Waals surface area contributed by atoms with Gasteiger partial charge in [0.05, 0.1) is 16.7 Å². The summed E-state index contributed by atoms with van der Waals surface area (Å²) in [6.07, 6.45) is -8.88. The van der Waals surface area contributed by atoms with Gasteiger partial charge in [0.2, 0.25) is 5.90 Å². The lowest BCUT2D eigenvalue weighted by molar-refractivity contribution is -0.253. The monoisotopic (exact) mass is 432 g/mol. The van der Waals surface area contributed by atoms with Crippen molar-refractivity contribution in [1.82, 2.24) is 0 Å². The number of ether oxygens (including phenoxy) is 2. The van der Waals surface area contributed by atoms with Crippen molar-refractivity contribution in [2.45, 2.75) is 32.5 Å². The lowest BCUT2D eigenvalue weighted by Crippen LogP contribution is -2.33. The maximum Gasteiger partial charge on any atom is 0.461 e. The molecule has 2 amide bonds. The molecule has 5 nitrogen and oxygen atoms in total. The lowest BCUT2D eigenvalue weighted by Gasteiger charge is -2.17. The summed E-state index contributed by atoms with van der Waals surface area (Å²) in [5, 5.41) is 2.74. The zero-order valence-corrected chi connectivity index (χ0v) is 16.1. The van der Waals surface area contributed by atoms with Crippen molar-refractivity contribution in [2.75, 3.05) is 5.32 Å². The molecule has 0 radical (unpaired) electrons. The van der Waals surface area contributed by atoms with Crippen LogP contribution < -0.4 is 10.1 Å². The zero-order valence-electron chi connectivity index (χ0n) is 15.3. The molecule has 156 valence electrons. The Hall–Kier alpha value is -2.81. The molecule has 0 atom stereocenters. The number of amides is 2. The second kappa shape index (κ2) is 9.60. The maximum atomic E-state index is 12.9. The number of urea groups is 1. The number of halogens is 5. The van der Waals surface area contributed by atoms with Gasteiger partial charge in [-0.1, -0.05) is 23.7 Å². The van der Waals surface area contributed by atoms with E-state index in [0.717, 1.165) is 12.1 Å². The summed E-state index contributed by atoms with van der Waals surface area (Å²) in [4.78, 5) is 16.1. The largest absolute Gasteiger partial charge is 0.474 e. The summed E-state index contributed by atoms with van der Waals surface area (Å²) in [5.74, 6) is -0.490. The fraction of sp³-hybridized carbons (Fsp3) is 0.263. The summed E-state index contributed by atoms with van der Waals surface area (Å²) in [6, 6.07) is 10.3. The van der Waals surface area contributed by atoms with Gasteiger partial charge in [-0.2, -0.15) is 22.6 Å². The van der Waals surface area contributed by atoms with Crippen molar-refractivity contribution < 1.29 is 31.8 Å². The van der Waals surface area contributed by atoms with Crippen LogP contribution in [0.15, 0.2) is 53.5 Å². The van der Waals surface area contributed by atoms with Crippen LogP contribution in [0.4, 0.5) is 28.0 Å². The van der Waals surface area contributed by atoms with Gasteiger partial charge in [-0.05, 0) is 50.2 Å². The molecule has 0 saturated carbocycles. The third-order valence-electron chi connectivity index (χ3n) is 3.27. The predicted octanol–water partition coefficient (Wildman–Crippen LogP) is 5.98. The number of alkyl halides is 4. The lowest BCUT2D eigenvalue weighted by atomic mass is 10.2. The fourth-order valence-corrected chi connectivity index (χ4v) is 2.28. The molecule has 2 rings (SSSR count). The van der Waals surface area contributed by atoms with E-state index >= 15 is 0 Å². The second-order valence-corrected chi connectivity index (χ2v) is 6.39. The molecule has 1 N–H and O–H groups in total. The number of anilines is 1. The van der Waals surface area contributed by atoms with Crippen LogP contribution in [-0.4, -0.2) is 30.6 Å². The molecule has 0 heterocycles. The van der Waals surface area contributed by atoms with Gasteiger partial charge in [0.25, 0.3) is 0 Å². The fourth-order valence-electron chi connectivity index (χ4n) is 2.06. The molecule has 0 unspecified atom stereocenters. The molecule has 0 aromatic heterocycles. The number of aliphatic imine (C=N–C) groups is 1. The molecule has 0 fully saturated rings. The van der Waals surface area contributed by atoms with E-state index in [0.29, 0.717) is 10.6 Å². The van der Waals surface area contributed by atoms with Crippen LogP contribution in [0, 0.1) is 0 Å². The average molecular weight is 433 g/mol. The Kier molecular flexibility index (Phi) is 7.44. The van der Waals surface area contributed by atoms with Crippen LogP contribution in [0.25, 0.3) is 0 Å². The van der Waals surface area contributed by atoms with E-state index < -0.39 is 24.3 Å². The average Bonchev–Trinajstić information content (AvgIpc) is 2.62. The minimum Gasteiger partial charge on any atom is -0.474 e. The quantitative estimate of drug-likeness (QED) is 0.347. The molecule has 0 aliphatic heterocycles. The van der Waals surface area contributed by atoms with Crippen molar-refractivity contribution in [3.05, 3.63) is 59.1 Å². The first-order valence-corrected chi connectivity index (χ1v) is 8.72. The van der Waals surface area contributed by atoms with Crippen molar-refractivity contribution in [1.29, 1.82) is 0 Å². The third kappa shape index (κ3) is 6.63. The number of hydrogen-bond donors (Lipinski definition) is 1. The number of benzene rings is 2. The molecule has 0 saturated heterocycles. The zero-order chi connectivity index (χ0) is 21.6. The van der Waals surface area contributed by atoms with Crippen LogP contribution >= 0.6 is 11.6 Å². The van der Waals surface area contributed by atoms with Crippen LogP contribution in [0.1, 0.15) is 19.4 Å². The summed E-state index contributed by atoms with van der Waals surface area (Å²) in [6.45, 7) is 3.50. The van der Waals surface area contributed by atoms with E-state index in [2.05, 4.69) is 15.0 Å². The molecule has 10 heteroatoms. The topological polar surface area (TPSA) is 59.9 Å². The number of nitrogens with one attached hydrogen (secondary N) is 1. The first-order valence-electron chi connectivity index (χ1n) is 8.34. The van der Waals surface area contributed by atoms with Gasteiger partial charge in [0, 0.05) is 5.69 Å². The third-order valence-corrected chi connectivity index (χ3v) is 3.60. The highest BCUT2D eigenvalue weighted by molar-refractivity contribution is 6.34. The van der Waals surface area contributed by atoms with Crippen molar-refractivity contribution in [3.8, 4) is 5.75 Å². The van der Waals surface area contributed by atoms with Gasteiger partial charge in [0.15, 0.2) is 0 Å². The van der Waals surface area contributed by atoms with Crippen LogP contribution in [0.3, 0.4) is 0 Å². The number of hydrogen-bond acceptors (Lipinski definition) is 3. The van der Waals surface area contributed by atoms with Crippen LogP contribution in [0.5, 0.6) is 5.75 Å². The first kappa shape index (κ1) is 22.5. The Labute approximate surface area is 169 Å². The van der Waals surface area contributed by atoms with Crippen molar-refractivity contribution >= 4 is 29.2 Å². The van der Waals surface area contributed by atoms with Crippen LogP contribution in [-0.2, 0) is 4.74 Å². The van der Waals surface area contributed by atoms with E-state index in [1.54, 1.807) is 38.1 Å². The number of rotatable bonds is 6. The van der Waals surface area contributed by atoms with E-state index in [9.17, 15) is 22.4 Å². The maximum absolute atomic E-state index is 12.9. The molecule has 0 bridgehead atoms. The van der Waals surface area contributed by atoms with E-state index in [1.165, 1.54) is 12.1 Å². The molecule has 0 aliphatic rings. The minimum atomic E-state index is -4.62. The van der Waals surface area contributed by atoms with Gasteiger partial charge >= 0.3 is 18.6 Å². The van der Waals surface area contributed by atoms with Gasteiger partial charge in [-0.25, -0.2) is 4.79 Å². The van der Waals surface area contributed by atoms with Gasteiger partial charge in [-0.15, -0.1) is 0 Å². The molecule has 2 aromatic rings. The highest BCUT2D eigenvalue weighted by atomic mass is 35.5. The summed E-state index contributed by atoms with van der Waals surface area (Å²) >= 11 is 6.12. The summed E-state index contributed by atoms with van der Waals surface area (Å²) < 4.78 is 59.6. The molecule has 0 spiro atoms. The minimum absolute atomic E-state index is 0.000343. The highest BCUT2D eigenvalue weighted by Crippen LogP contribution is 2.28. The summed E-state index contributed by atoms with van der Waals surface area (Å²) in [7, 11) is 0. The van der Waals surface area contributed by atoms with Crippen molar-refractivity contribution in [3.63, 3.8) is 0 Å². The Morgan fingerprint density at radius 1 is 1.10 bits per heavy atom. The Morgan fingerprint density at radius 3 is 2.28 bits per heavy atom. The van der Waals surface area contributed by atoms with E-state index in [4.69, 9.17) is 16.3 Å². The first-order chi connectivity index (χ1) is 13.6. The number of carbonyl (C=O) groups excluding carboxylic acids is 1. The van der Waals surface area contributed by atoms with E-state index in [1.807, 2.05) is 0 Å². The Balaban J connectivity index is 2.14. The normalized spacial score (nSPS) is 12.2. The van der Waals surface area contributed by atoms with Gasteiger partial charge in [0.1, 0.15) is 5.75 Å². The summed E-state index contributed by atoms with van der Waals surface area (Å²) in [5.41, 5.74) is 0.588. The van der Waals surface area contributed by atoms with Gasteiger partial charge in [-0.3, -0.25) is 0 Å². The molecular weight excluding hydrogens is 416 g/mol. The standard InChI is InChI=1S/C19H17ClF4N2O3/c1-11(2)28-16(14-5-3-4-6-15(14)20)26-18(27)25-12-7-9-13(10-8-12)29-19(23,24)17(21)22/h3-11,17H,1-2H3,(H,25,27)/b26-16-. The Morgan fingerprint density at radius 2 is 1.72 bits per heavy atom. The number of carbonyl (C=O) groups is 1. The van der Waals surface area contributed by atoms with Gasteiger partial charge < -0.3 is 14.8 Å². The molecule has 29 heavy (non-hydrogen) atoms. The smallest absolute Gasteiger partial charge is 0.461 e. The highest BCUT2D eigenvalue weighted by Gasteiger charge is 2.43. The number of nitrogens with zero attached hydrogens (tertiary/aromatic N) is 1. The molecule has 2 aromatic carbocycles. The second-order valence-electron chi connectivity index (χ2n) is 5.98. The molecular formula is C19H17ClF4N2O3. The van der Waals surface area contributed by atoms with E-state index in [-0.39, 0.29) is 17.7 Å². The Bertz CT molecular complexity index is 874. The predicted molar refractivity (Wildman–Crippen MR) is 101 cm³/mol.